The molecule has 2 rings (SSSR count). The maximum absolute atomic E-state index is 12.9. The average molecular weight is 447 g/mol. The van der Waals surface area contributed by atoms with Gasteiger partial charge in [-0.1, -0.05) is 59.6 Å². The van der Waals surface area contributed by atoms with Crippen LogP contribution in [0.2, 0.25) is 0 Å². The molecule has 2 aromatic rings. The molecule has 1 atom stereocenters. The smallest absolute Gasteiger partial charge is 0.261 e. The molecule has 2 aromatic carbocycles. The Balaban J connectivity index is 2.06. The van der Waals surface area contributed by atoms with Crippen LogP contribution in [-0.4, -0.2) is 35.9 Å². The van der Waals surface area contributed by atoms with Gasteiger partial charge in [-0.05, 0) is 43.2 Å². The highest BCUT2D eigenvalue weighted by atomic mass is 79.9. The van der Waals surface area contributed by atoms with Gasteiger partial charge in [0.05, 0.1) is 0 Å². The van der Waals surface area contributed by atoms with E-state index in [1.165, 1.54) is 0 Å². The van der Waals surface area contributed by atoms with E-state index < -0.39 is 6.04 Å². The number of ether oxygens (including phenoxy) is 1. The average Bonchev–Trinajstić information content (AvgIpc) is 2.71. The Labute approximate surface area is 175 Å². The molecule has 0 heterocycles. The van der Waals surface area contributed by atoms with Crippen molar-refractivity contribution in [2.75, 3.05) is 13.2 Å². The van der Waals surface area contributed by atoms with Gasteiger partial charge in [0.25, 0.3) is 5.91 Å². The van der Waals surface area contributed by atoms with Crippen molar-refractivity contribution in [3.8, 4) is 5.75 Å². The number of halogens is 1. The Morgan fingerprint density at radius 2 is 1.79 bits per heavy atom. The van der Waals surface area contributed by atoms with Crippen LogP contribution in [0.4, 0.5) is 0 Å². The summed E-state index contributed by atoms with van der Waals surface area (Å²) in [5, 5.41) is 2.91. The van der Waals surface area contributed by atoms with E-state index in [9.17, 15) is 9.59 Å². The summed E-state index contributed by atoms with van der Waals surface area (Å²) in [4.78, 5) is 27.0. The van der Waals surface area contributed by atoms with Crippen molar-refractivity contribution in [1.29, 1.82) is 0 Å². The van der Waals surface area contributed by atoms with E-state index in [0.717, 1.165) is 22.9 Å². The van der Waals surface area contributed by atoms with Gasteiger partial charge in [0.2, 0.25) is 5.91 Å². The molecule has 6 heteroatoms. The Bertz CT molecular complexity index is 750. The first kappa shape index (κ1) is 22.0. The summed E-state index contributed by atoms with van der Waals surface area (Å²) in [7, 11) is 0. The Hall–Kier alpha value is -2.34. The molecule has 0 saturated carbocycles. The molecule has 28 heavy (non-hydrogen) atoms. The molecule has 0 aliphatic heterocycles. The standard InChI is InChI=1S/C22H27BrN2O3/c1-3-4-14-24-22(27)17(2)25(15-18-8-6-5-7-9-18)21(26)16-28-20-12-10-19(23)11-13-20/h5-13,17H,3-4,14-16H2,1-2H3,(H,24,27). The number of unbranched alkanes of at least 4 members (excludes halogenated alkanes) is 1. The van der Waals surface area contributed by atoms with Crippen LogP contribution in [0, 0.1) is 0 Å². The highest BCUT2D eigenvalue weighted by Crippen LogP contribution is 2.17. The lowest BCUT2D eigenvalue weighted by Gasteiger charge is -2.28. The van der Waals surface area contributed by atoms with Crippen LogP contribution in [0.5, 0.6) is 5.75 Å². The lowest BCUT2D eigenvalue weighted by molar-refractivity contribution is -0.142. The summed E-state index contributed by atoms with van der Waals surface area (Å²) in [5.74, 6) is 0.225. The topological polar surface area (TPSA) is 58.6 Å². The molecule has 1 N–H and O–H groups in total. The maximum atomic E-state index is 12.9. The van der Waals surface area contributed by atoms with E-state index in [1.807, 2.05) is 42.5 Å². The molecule has 0 radical (unpaired) electrons. The van der Waals surface area contributed by atoms with Crippen LogP contribution in [0.25, 0.3) is 0 Å². The quantitative estimate of drug-likeness (QED) is 0.557. The van der Waals surface area contributed by atoms with E-state index >= 15 is 0 Å². The zero-order valence-electron chi connectivity index (χ0n) is 16.4. The second kappa shape index (κ2) is 11.5. The zero-order chi connectivity index (χ0) is 20.4. The van der Waals surface area contributed by atoms with Gasteiger partial charge in [0.15, 0.2) is 6.61 Å². The van der Waals surface area contributed by atoms with E-state index in [-0.39, 0.29) is 18.4 Å². The van der Waals surface area contributed by atoms with Gasteiger partial charge >= 0.3 is 0 Å². The molecule has 0 aliphatic rings. The fraction of sp³-hybridized carbons (Fsp3) is 0.364. The summed E-state index contributed by atoms with van der Waals surface area (Å²) in [6, 6.07) is 16.3. The minimum atomic E-state index is -0.585. The fourth-order valence-electron chi connectivity index (χ4n) is 2.66. The second-order valence-corrected chi connectivity index (χ2v) is 7.49. The summed E-state index contributed by atoms with van der Waals surface area (Å²) in [5.41, 5.74) is 0.965. The predicted molar refractivity (Wildman–Crippen MR) is 114 cm³/mol. The Morgan fingerprint density at radius 1 is 1.11 bits per heavy atom. The van der Waals surface area contributed by atoms with E-state index in [1.54, 1.807) is 24.0 Å². The first-order valence-electron chi connectivity index (χ1n) is 9.50. The van der Waals surface area contributed by atoms with Crippen molar-refractivity contribution in [1.82, 2.24) is 10.2 Å². The van der Waals surface area contributed by atoms with Crippen LogP contribution in [0.1, 0.15) is 32.3 Å². The normalized spacial score (nSPS) is 11.5. The fourth-order valence-corrected chi connectivity index (χ4v) is 2.92. The van der Waals surface area contributed by atoms with Crippen molar-refractivity contribution >= 4 is 27.7 Å². The number of carbonyl (C=O) groups is 2. The predicted octanol–water partition coefficient (Wildman–Crippen LogP) is 4.16. The number of hydrogen-bond acceptors (Lipinski definition) is 3. The lowest BCUT2D eigenvalue weighted by Crippen LogP contribution is -2.49. The summed E-state index contributed by atoms with van der Waals surface area (Å²) < 4.78 is 6.57. The van der Waals surface area contributed by atoms with Gasteiger partial charge < -0.3 is 15.0 Å². The van der Waals surface area contributed by atoms with Crippen molar-refractivity contribution in [3.63, 3.8) is 0 Å². The van der Waals surface area contributed by atoms with Crippen LogP contribution < -0.4 is 10.1 Å². The third-order valence-electron chi connectivity index (χ3n) is 4.37. The van der Waals surface area contributed by atoms with Crippen molar-refractivity contribution in [2.45, 2.75) is 39.3 Å². The minimum Gasteiger partial charge on any atom is -0.484 e. The zero-order valence-corrected chi connectivity index (χ0v) is 17.9. The lowest BCUT2D eigenvalue weighted by atomic mass is 10.1. The largest absolute Gasteiger partial charge is 0.484 e. The van der Waals surface area contributed by atoms with Crippen LogP contribution in [0.3, 0.4) is 0 Å². The number of amides is 2. The van der Waals surface area contributed by atoms with E-state index in [0.29, 0.717) is 18.8 Å². The van der Waals surface area contributed by atoms with Crippen molar-refractivity contribution in [3.05, 3.63) is 64.6 Å². The van der Waals surface area contributed by atoms with Gasteiger partial charge in [-0.25, -0.2) is 0 Å². The van der Waals surface area contributed by atoms with Crippen LogP contribution in [-0.2, 0) is 16.1 Å². The van der Waals surface area contributed by atoms with Crippen LogP contribution >= 0.6 is 15.9 Å². The SMILES string of the molecule is CCCCNC(=O)C(C)N(Cc1ccccc1)C(=O)COc1ccc(Br)cc1. The number of rotatable bonds is 10. The van der Waals surface area contributed by atoms with E-state index in [2.05, 4.69) is 28.2 Å². The molecule has 150 valence electrons. The summed E-state index contributed by atoms with van der Waals surface area (Å²) in [6.45, 7) is 4.66. The summed E-state index contributed by atoms with van der Waals surface area (Å²) >= 11 is 3.37. The van der Waals surface area contributed by atoms with Crippen LogP contribution in [0.15, 0.2) is 59.1 Å². The Kier molecular flexibility index (Phi) is 9.01. The summed E-state index contributed by atoms with van der Waals surface area (Å²) in [6.07, 6.45) is 1.92. The molecule has 0 fully saturated rings. The van der Waals surface area contributed by atoms with Crippen molar-refractivity contribution in [2.24, 2.45) is 0 Å². The maximum Gasteiger partial charge on any atom is 0.261 e. The molecule has 5 nitrogen and oxygen atoms in total. The third-order valence-corrected chi connectivity index (χ3v) is 4.90. The Morgan fingerprint density at radius 3 is 2.43 bits per heavy atom. The molecule has 1 unspecified atom stereocenters. The molecule has 0 bridgehead atoms. The number of benzene rings is 2. The number of hydrogen-bond donors (Lipinski definition) is 1. The van der Waals surface area contributed by atoms with Gasteiger partial charge in [0.1, 0.15) is 11.8 Å². The number of nitrogens with one attached hydrogen (secondary N) is 1. The van der Waals surface area contributed by atoms with Crippen molar-refractivity contribution < 1.29 is 14.3 Å². The van der Waals surface area contributed by atoms with E-state index in [4.69, 9.17) is 4.74 Å². The highest BCUT2D eigenvalue weighted by Gasteiger charge is 2.26. The monoisotopic (exact) mass is 446 g/mol. The minimum absolute atomic E-state index is 0.124. The first-order chi connectivity index (χ1) is 13.5. The third kappa shape index (κ3) is 7.00. The molecular formula is C22H27BrN2O3. The van der Waals surface area contributed by atoms with Gasteiger partial charge in [-0.2, -0.15) is 0 Å². The van der Waals surface area contributed by atoms with Gasteiger partial charge in [0, 0.05) is 17.6 Å². The van der Waals surface area contributed by atoms with Gasteiger partial charge in [-0.3, -0.25) is 9.59 Å². The number of nitrogens with zero attached hydrogens (tertiary/aromatic N) is 1. The molecule has 0 spiro atoms. The molecule has 0 aliphatic carbocycles. The highest BCUT2D eigenvalue weighted by molar-refractivity contribution is 9.10. The molecule has 2 amide bonds. The second-order valence-electron chi connectivity index (χ2n) is 6.57. The molecule has 0 aromatic heterocycles. The molecule has 0 saturated heterocycles. The number of carbonyl (C=O) groups excluding carboxylic acids is 2. The van der Waals surface area contributed by atoms with Gasteiger partial charge in [-0.15, -0.1) is 0 Å². The molecular weight excluding hydrogens is 420 g/mol. The first-order valence-corrected chi connectivity index (χ1v) is 10.3.